The second-order valence-electron chi connectivity index (χ2n) is 3.35. The molecule has 0 aromatic heterocycles. The van der Waals surface area contributed by atoms with Gasteiger partial charge in [-0.25, -0.2) is 4.79 Å². The first kappa shape index (κ1) is 7.86. The van der Waals surface area contributed by atoms with E-state index in [1.54, 1.807) is 0 Å². The lowest BCUT2D eigenvalue weighted by molar-refractivity contribution is 0.0954. The van der Waals surface area contributed by atoms with Crippen molar-refractivity contribution in [3.05, 3.63) is 0 Å². The third kappa shape index (κ3) is 1.27. The average Bonchev–Trinajstić information content (AvgIpc) is 2.64. The van der Waals surface area contributed by atoms with Gasteiger partial charge in [-0.3, -0.25) is 0 Å². The maximum absolute atomic E-state index is 10.9. The van der Waals surface area contributed by atoms with E-state index in [9.17, 15) is 4.79 Å². The van der Waals surface area contributed by atoms with E-state index < -0.39 is 0 Å². The molecule has 2 heterocycles. The summed E-state index contributed by atoms with van der Waals surface area (Å²) in [5, 5.41) is 2.77. The van der Waals surface area contributed by atoms with Crippen LogP contribution in [-0.2, 0) is 9.47 Å². The Morgan fingerprint density at radius 3 is 2.92 bits per heavy atom. The molecule has 4 nitrogen and oxygen atoms in total. The third-order valence-corrected chi connectivity index (χ3v) is 2.59. The molecule has 12 heavy (non-hydrogen) atoms. The zero-order valence-electron chi connectivity index (χ0n) is 7.08. The van der Waals surface area contributed by atoms with E-state index in [4.69, 9.17) is 4.74 Å². The minimum absolute atomic E-state index is 0.177. The molecular formula is C8H13NO3. The van der Waals surface area contributed by atoms with Crippen LogP contribution in [-0.4, -0.2) is 31.5 Å². The molecule has 2 rings (SSSR count). The monoisotopic (exact) mass is 171 g/mol. The third-order valence-electron chi connectivity index (χ3n) is 2.59. The number of amides is 1. The number of fused-ring (bicyclic) bond motifs is 2. The van der Waals surface area contributed by atoms with Crippen molar-refractivity contribution in [2.75, 3.05) is 7.11 Å². The highest BCUT2D eigenvalue weighted by molar-refractivity contribution is 5.67. The molecule has 0 aliphatic carbocycles. The molecule has 2 fully saturated rings. The van der Waals surface area contributed by atoms with Gasteiger partial charge in [0.05, 0.1) is 25.4 Å². The molecule has 68 valence electrons. The Morgan fingerprint density at radius 1 is 1.58 bits per heavy atom. The molecule has 0 aromatic rings. The fourth-order valence-corrected chi connectivity index (χ4v) is 2.00. The summed E-state index contributed by atoms with van der Waals surface area (Å²) in [6.07, 6.45) is 3.41. The summed E-state index contributed by atoms with van der Waals surface area (Å²) in [5.41, 5.74) is 0. The number of carbonyl (C=O) groups is 1. The minimum atomic E-state index is -0.351. The summed E-state index contributed by atoms with van der Waals surface area (Å²) in [4.78, 5) is 10.9. The van der Waals surface area contributed by atoms with Crippen LogP contribution >= 0.6 is 0 Å². The smallest absolute Gasteiger partial charge is 0.407 e. The van der Waals surface area contributed by atoms with Gasteiger partial charge in [-0.2, -0.15) is 0 Å². The van der Waals surface area contributed by atoms with E-state index in [0.717, 1.165) is 19.3 Å². The number of ether oxygens (including phenoxy) is 2. The van der Waals surface area contributed by atoms with Crippen LogP contribution in [0.1, 0.15) is 19.3 Å². The highest BCUT2D eigenvalue weighted by atomic mass is 16.5. The fraction of sp³-hybridized carbons (Fsp3) is 0.875. The SMILES string of the molecule is COC(=O)N[C@@H]1C[C@H]2CC[C@@H]1O2. The molecule has 0 spiro atoms. The van der Waals surface area contributed by atoms with Crippen molar-refractivity contribution in [3.63, 3.8) is 0 Å². The predicted molar refractivity (Wildman–Crippen MR) is 41.8 cm³/mol. The van der Waals surface area contributed by atoms with Crippen LogP contribution in [0, 0.1) is 0 Å². The molecule has 0 radical (unpaired) electrons. The molecule has 4 heteroatoms. The van der Waals surface area contributed by atoms with Gasteiger partial charge in [-0.1, -0.05) is 0 Å². The lowest BCUT2D eigenvalue weighted by Crippen LogP contribution is -2.41. The second-order valence-corrected chi connectivity index (χ2v) is 3.35. The standard InChI is InChI=1S/C8H13NO3/c1-11-8(10)9-6-4-5-2-3-7(6)12-5/h5-7H,2-4H2,1H3,(H,9,10)/t5-,6-,7+/m1/s1. The molecule has 0 unspecified atom stereocenters. The van der Waals surface area contributed by atoms with E-state index in [1.165, 1.54) is 7.11 Å². The van der Waals surface area contributed by atoms with Gasteiger partial charge in [-0.05, 0) is 19.3 Å². The molecule has 2 aliphatic rings. The second kappa shape index (κ2) is 2.94. The van der Waals surface area contributed by atoms with Crippen molar-refractivity contribution in [2.45, 2.75) is 37.5 Å². The molecule has 3 atom stereocenters. The van der Waals surface area contributed by atoms with Crippen LogP contribution in [0.15, 0.2) is 0 Å². The van der Waals surface area contributed by atoms with Gasteiger partial charge in [0.2, 0.25) is 0 Å². The largest absolute Gasteiger partial charge is 0.453 e. The zero-order valence-corrected chi connectivity index (χ0v) is 7.08. The number of alkyl carbamates (subject to hydrolysis) is 1. The van der Waals surface area contributed by atoms with Crippen molar-refractivity contribution < 1.29 is 14.3 Å². The molecule has 1 N–H and O–H groups in total. The van der Waals surface area contributed by atoms with E-state index in [0.29, 0.717) is 6.10 Å². The Bertz CT molecular complexity index is 195. The average molecular weight is 171 g/mol. The van der Waals surface area contributed by atoms with E-state index >= 15 is 0 Å². The van der Waals surface area contributed by atoms with Gasteiger partial charge in [0, 0.05) is 0 Å². The summed E-state index contributed by atoms with van der Waals surface area (Å²) in [6.45, 7) is 0. The van der Waals surface area contributed by atoms with Gasteiger partial charge in [-0.15, -0.1) is 0 Å². The van der Waals surface area contributed by atoms with Crippen LogP contribution in [0.4, 0.5) is 4.79 Å². The Morgan fingerprint density at radius 2 is 2.42 bits per heavy atom. The maximum atomic E-state index is 10.9. The number of carbonyl (C=O) groups excluding carboxylic acids is 1. The first-order valence-corrected chi connectivity index (χ1v) is 4.29. The molecule has 2 aliphatic heterocycles. The summed E-state index contributed by atoms with van der Waals surface area (Å²) >= 11 is 0. The number of rotatable bonds is 1. The highest BCUT2D eigenvalue weighted by Gasteiger charge is 2.41. The van der Waals surface area contributed by atoms with Gasteiger partial charge < -0.3 is 14.8 Å². The van der Waals surface area contributed by atoms with Crippen LogP contribution in [0.25, 0.3) is 0 Å². The first-order valence-electron chi connectivity index (χ1n) is 4.29. The number of nitrogens with one attached hydrogen (secondary N) is 1. The van der Waals surface area contributed by atoms with Gasteiger partial charge in [0.15, 0.2) is 0 Å². The Labute approximate surface area is 71.2 Å². The molecule has 1 amide bonds. The van der Waals surface area contributed by atoms with Crippen molar-refractivity contribution in [1.82, 2.24) is 5.32 Å². The van der Waals surface area contributed by atoms with Crippen molar-refractivity contribution in [1.29, 1.82) is 0 Å². The molecule has 0 aromatic carbocycles. The van der Waals surface area contributed by atoms with E-state index in [2.05, 4.69) is 10.1 Å². The topological polar surface area (TPSA) is 47.6 Å². The Balaban J connectivity index is 1.86. The lowest BCUT2D eigenvalue weighted by Gasteiger charge is -2.18. The van der Waals surface area contributed by atoms with Crippen LogP contribution < -0.4 is 5.32 Å². The van der Waals surface area contributed by atoms with E-state index in [1.807, 2.05) is 0 Å². The summed E-state index contributed by atoms with van der Waals surface area (Å²) in [7, 11) is 1.38. The summed E-state index contributed by atoms with van der Waals surface area (Å²) in [6, 6.07) is 0.177. The normalized spacial score (nSPS) is 38.2. The quantitative estimate of drug-likeness (QED) is 0.630. The van der Waals surface area contributed by atoms with Crippen LogP contribution in [0.5, 0.6) is 0 Å². The van der Waals surface area contributed by atoms with Gasteiger partial charge in [0.1, 0.15) is 0 Å². The number of hydrogen-bond acceptors (Lipinski definition) is 3. The summed E-state index contributed by atoms with van der Waals surface area (Å²) in [5.74, 6) is 0. The molecule has 2 bridgehead atoms. The highest BCUT2D eigenvalue weighted by Crippen LogP contribution is 2.34. The maximum Gasteiger partial charge on any atom is 0.407 e. The molecule has 0 saturated carbocycles. The fourth-order valence-electron chi connectivity index (χ4n) is 2.00. The molecule has 2 saturated heterocycles. The Hall–Kier alpha value is -0.770. The number of hydrogen-bond donors (Lipinski definition) is 1. The zero-order chi connectivity index (χ0) is 8.55. The van der Waals surface area contributed by atoms with Crippen molar-refractivity contribution in [2.24, 2.45) is 0 Å². The van der Waals surface area contributed by atoms with E-state index in [-0.39, 0.29) is 18.2 Å². The van der Waals surface area contributed by atoms with Crippen molar-refractivity contribution in [3.8, 4) is 0 Å². The minimum Gasteiger partial charge on any atom is -0.453 e. The van der Waals surface area contributed by atoms with Gasteiger partial charge >= 0.3 is 6.09 Å². The van der Waals surface area contributed by atoms with Crippen LogP contribution in [0.2, 0.25) is 0 Å². The van der Waals surface area contributed by atoms with Gasteiger partial charge in [0.25, 0.3) is 0 Å². The lowest BCUT2D eigenvalue weighted by atomic mass is 9.96. The number of methoxy groups -OCH3 is 1. The first-order chi connectivity index (χ1) is 5.79. The predicted octanol–water partition coefficient (Wildman–Crippen LogP) is 0.662. The Kier molecular flexibility index (Phi) is 1.92. The van der Waals surface area contributed by atoms with Crippen molar-refractivity contribution >= 4 is 6.09 Å². The molecular weight excluding hydrogens is 158 g/mol. The summed E-state index contributed by atoms with van der Waals surface area (Å²) < 4.78 is 10.1. The van der Waals surface area contributed by atoms with Crippen LogP contribution in [0.3, 0.4) is 0 Å².